The van der Waals surface area contributed by atoms with Gasteiger partial charge >= 0.3 is 0 Å². The lowest BCUT2D eigenvalue weighted by atomic mass is 9.93. The quantitative estimate of drug-likeness (QED) is 0.824. The molecule has 0 spiro atoms. The molecule has 2 rings (SSSR count). The second-order valence-corrected chi connectivity index (χ2v) is 7.47. The minimum atomic E-state index is 0.0857. The van der Waals surface area contributed by atoms with E-state index in [9.17, 15) is 9.59 Å². The molecule has 6 heteroatoms. The molecule has 2 N–H and O–H groups in total. The molecule has 25 heavy (non-hydrogen) atoms. The molecule has 1 fully saturated rings. The SMILES string of the molecule is Cc1[nH]c(C(=O)N2CCC(CC(=O)NCCN(C)C)CC2)c(C)c1C. The number of likely N-dealkylation sites (N-methyl/N-ethyl adjacent to an activating group) is 1. The molecule has 0 radical (unpaired) electrons. The molecule has 0 unspecified atom stereocenters. The molecular formula is C19H32N4O2. The highest BCUT2D eigenvalue weighted by Crippen LogP contribution is 2.24. The molecule has 2 amide bonds. The van der Waals surface area contributed by atoms with E-state index in [0.717, 1.165) is 55.0 Å². The van der Waals surface area contributed by atoms with E-state index in [0.29, 0.717) is 18.9 Å². The number of carbonyl (C=O) groups is 2. The van der Waals surface area contributed by atoms with Gasteiger partial charge in [0.2, 0.25) is 5.91 Å². The third kappa shape index (κ3) is 5.08. The van der Waals surface area contributed by atoms with Crippen molar-refractivity contribution in [1.82, 2.24) is 20.1 Å². The number of piperidine rings is 1. The summed E-state index contributed by atoms with van der Waals surface area (Å²) in [4.78, 5) is 31.9. The number of carbonyl (C=O) groups excluding carboxylic acids is 2. The lowest BCUT2D eigenvalue weighted by Gasteiger charge is -2.31. The average Bonchev–Trinajstić information content (AvgIpc) is 2.82. The van der Waals surface area contributed by atoms with Gasteiger partial charge in [0.1, 0.15) is 5.69 Å². The van der Waals surface area contributed by atoms with Crippen molar-refractivity contribution in [1.29, 1.82) is 0 Å². The zero-order valence-electron chi connectivity index (χ0n) is 16.2. The number of aromatic nitrogens is 1. The van der Waals surface area contributed by atoms with E-state index in [1.807, 2.05) is 39.8 Å². The van der Waals surface area contributed by atoms with Crippen molar-refractivity contribution in [2.45, 2.75) is 40.0 Å². The fourth-order valence-electron chi connectivity index (χ4n) is 3.31. The van der Waals surface area contributed by atoms with Gasteiger partial charge in [0, 0.05) is 38.3 Å². The maximum atomic E-state index is 12.7. The van der Waals surface area contributed by atoms with Crippen molar-refractivity contribution in [3.63, 3.8) is 0 Å². The summed E-state index contributed by atoms with van der Waals surface area (Å²) in [5.41, 5.74) is 3.98. The van der Waals surface area contributed by atoms with Gasteiger partial charge in [0.25, 0.3) is 5.91 Å². The van der Waals surface area contributed by atoms with E-state index >= 15 is 0 Å². The molecular weight excluding hydrogens is 316 g/mol. The molecule has 0 aliphatic carbocycles. The maximum absolute atomic E-state index is 12.7. The van der Waals surface area contributed by atoms with Crippen LogP contribution >= 0.6 is 0 Å². The Morgan fingerprint density at radius 1 is 1.16 bits per heavy atom. The van der Waals surface area contributed by atoms with Crippen LogP contribution in [0.5, 0.6) is 0 Å². The second kappa shape index (κ2) is 8.52. The summed E-state index contributed by atoms with van der Waals surface area (Å²) in [6.45, 7) is 9.04. The van der Waals surface area contributed by atoms with Crippen LogP contribution in [-0.2, 0) is 4.79 Å². The number of H-pyrrole nitrogens is 1. The molecule has 140 valence electrons. The van der Waals surface area contributed by atoms with Crippen molar-refractivity contribution >= 4 is 11.8 Å². The molecule has 1 aliphatic heterocycles. The van der Waals surface area contributed by atoms with E-state index < -0.39 is 0 Å². The predicted molar refractivity (Wildman–Crippen MR) is 99.8 cm³/mol. The molecule has 0 bridgehead atoms. The Morgan fingerprint density at radius 3 is 2.32 bits per heavy atom. The minimum absolute atomic E-state index is 0.0857. The Balaban J connectivity index is 1.80. The summed E-state index contributed by atoms with van der Waals surface area (Å²) in [6.07, 6.45) is 2.35. The Morgan fingerprint density at radius 2 is 1.80 bits per heavy atom. The molecule has 1 aromatic rings. The zero-order chi connectivity index (χ0) is 18.6. The Kier molecular flexibility index (Phi) is 6.64. The fourth-order valence-corrected chi connectivity index (χ4v) is 3.31. The van der Waals surface area contributed by atoms with Crippen molar-refractivity contribution in [3.05, 3.63) is 22.5 Å². The lowest BCUT2D eigenvalue weighted by Crippen LogP contribution is -2.40. The van der Waals surface area contributed by atoms with Crippen molar-refractivity contribution < 1.29 is 9.59 Å². The summed E-state index contributed by atoms with van der Waals surface area (Å²) in [6, 6.07) is 0. The Hall–Kier alpha value is -1.82. The first kappa shape index (κ1) is 19.5. The van der Waals surface area contributed by atoms with Crippen LogP contribution in [0.25, 0.3) is 0 Å². The first-order valence-corrected chi connectivity index (χ1v) is 9.16. The number of aromatic amines is 1. The van der Waals surface area contributed by atoms with Gasteiger partial charge in [-0.3, -0.25) is 9.59 Å². The maximum Gasteiger partial charge on any atom is 0.270 e. The summed E-state index contributed by atoms with van der Waals surface area (Å²) < 4.78 is 0. The average molecular weight is 348 g/mol. The molecule has 0 saturated carbocycles. The van der Waals surface area contributed by atoms with E-state index in [1.165, 1.54) is 0 Å². The van der Waals surface area contributed by atoms with E-state index in [4.69, 9.17) is 0 Å². The van der Waals surface area contributed by atoms with E-state index in [2.05, 4.69) is 15.2 Å². The van der Waals surface area contributed by atoms with Gasteiger partial charge < -0.3 is 20.1 Å². The summed E-state index contributed by atoms with van der Waals surface area (Å²) in [5, 5.41) is 2.97. The molecule has 6 nitrogen and oxygen atoms in total. The van der Waals surface area contributed by atoms with Gasteiger partial charge in [-0.05, 0) is 64.8 Å². The van der Waals surface area contributed by atoms with E-state index in [1.54, 1.807) is 0 Å². The van der Waals surface area contributed by atoms with Crippen LogP contribution in [0.4, 0.5) is 0 Å². The third-order valence-electron chi connectivity index (χ3n) is 5.28. The summed E-state index contributed by atoms with van der Waals surface area (Å²) in [7, 11) is 3.99. The molecule has 0 aromatic carbocycles. The predicted octanol–water partition coefficient (Wildman–Crippen LogP) is 1.86. The van der Waals surface area contributed by atoms with Gasteiger partial charge in [-0.25, -0.2) is 0 Å². The van der Waals surface area contributed by atoms with Crippen LogP contribution < -0.4 is 5.32 Å². The third-order valence-corrected chi connectivity index (χ3v) is 5.28. The van der Waals surface area contributed by atoms with Crippen molar-refractivity contribution in [2.24, 2.45) is 5.92 Å². The number of aryl methyl sites for hydroxylation is 1. The number of amides is 2. The number of nitrogens with one attached hydrogen (secondary N) is 2. The smallest absolute Gasteiger partial charge is 0.270 e. The molecule has 2 heterocycles. The van der Waals surface area contributed by atoms with Gasteiger partial charge in [0.15, 0.2) is 0 Å². The normalized spacial score (nSPS) is 15.7. The van der Waals surface area contributed by atoms with Gasteiger partial charge in [-0.2, -0.15) is 0 Å². The topological polar surface area (TPSA) is 68.4 Å². The molecule has 1 aliphatic rings. The highest BCUT2D eigenvalue weighted by Gasteiger charge is 2.27. The van der Waals surface area contributed by atoms with Gasteiger partial charge in [0.05, 0.1) is 0 Å². The number of nitrogens with zero attached hydrogens (tertiary/aromatic N) is 2. The van der Waals surface area contributed by atoms with Crippen LogP contribution in [0.15, 0.2) is 0 Å². The second-order valence-electron chi connectivity index (χ2n) is 7.47. The number of rotatable bonds is 6. The van der Waals surface area contributed by atoms with E-state index in [-0.39, 0.29) is 11.8 Å². The number of likely N-dealkylation sites (tertiary alicyclic amines) is 1. The molecule has 1 aromatic heterocycles. The first-order chi connectivity index (χ1) is 11.8. The Bertz CT molecular complexity index is 613. The summed E-state index contributed by atoms with van der Waals surface area (Å²) in [5.74, 6) is 0.581. The fraction of sp³-hybridized carbons (Fsp3) is 0.684. The first-order valence-electron chi connectivity index (χ1n) is 9.16. The van der Waals surface area contributed by atoms with Crippen LogP contribution in [0.3, 0.4) is 0 Å². The highest BCUT2D eigenvalue weighted by molar-refractivity contribution is 5.94. The van der Waals surface area contributed by atoms with Crippen LogP contribution in [0, 0.1) is 26.7 Å². The van der Waals surface area contributed by atoms with Crippen molar-refractivity contribution in [2.75, 3.05) is 40.3 Å². The standard InChI is InChI=1S/C19H32N4O2/c1-13-14(2)18(21-15(13)3)19(25)23-9-6-16(7-10-23)12-17(24)20-8-11-22(4)5/h16,21H,6-12H2,1-5H3,(H,20,24). The Labute approximate surface area is 151 Å². The number of hydrogen-bond donors (Lipinski definition) is 2. The summed E-state index contributed by atoms with van der Waals surface area (Å²) >= 11 is 0. The minimum Gasteiger partial charge on any atom is -0.355 e. The van der Waals surface area contributed by atoms with Crippen LogP contribution in [0.2, 0.25) is 0 Å². The monoisotopic (exact) mass is 348 g/mol. The van der Waals surface area contributed by atoms with Crippen LogP contribution in [-0.4, -0.2) is 66.9 Å². The van der Waals surface area contributed by atoms with Gasteiger partial charge in [-0.1, -0.05) is 0 Å². The largest absolute Gasteiger partial charge is 0.355 e. The zero-order valence-corrected chi connectivity index (χ0v) is 16.2. The van der Waals surface area contributed by atoms with Crippen LogP contribution in [0.1, 0.15) is 46.6 Å². The lowest BCUT2D eigenvalue weighted by molar-refractivity contribution is -0.122. The van der Waals surface area contributed by atoms with Gasteiger partial charge in [-0.15, -0.1) is 0 Å². The van der Waals surface area contributed by atoms with Crippen molar-refractivity contribution in [3.8, 4) is 0 Å². The molecule has 0 atom stereocenters. The highest BCUT2D eigenvalue weighted by atomic mass is 16.2. The number of hydrogen-bond acceptors (Lipinski definition) is 3. The molecule has 1 saturated heterocycles.